The van der Waals surface area contributed by atoms with Crippen LogP contribution in [0, 0.1) is 25.5 Å². The zero-order valence-electron chi connectivity index (χ0n) is 11.3. The van der Waals surface area contributed by atoms with Gasteiger partial charge in [0.05, 0.1) is 0 Å². The van der Waals surface area contributed by atoms with Gasteiger partial charge in [0, 0.05) is 6.54 Å². The van der Waals surface area contributed by atoms with Crippen molar-refractivity contribution in [3.63, 3.8) is 0 Å². The van der Waals surface area contributed by atoms with Crippen molar-refractivity contribution < 1.29 is 8.78 Å². The Bertz CT molecular complexity index is 583. The molecule has 0 aliphatic rings. The first-order chi connectivity index (χ1) is 9.02. The van der Waals surface area contributed by atoms with Crippen molar-refractivity contribution in [2.45, 2.75) is 20.4 Å². The molecule has 0 saturated carbocycles. The van der Waals surface area contributed by atoms with Crippen LogP contribution in [0.1, 0.15) is 16.7 Å². The highest BCUT2D eigenvalue weighted by molar-refractivity contribution is 5.73. The molecule has 0 aromatic heterocycles. The van der Waals surface area contributed by atoms with Gasteiger partial charge in [0.15, 0.2) is 0 Å². The summed E-state index contributed by atoms with van der Waals surface area (Å²) < 4.78 is 26.7. The van der Waals surface area contributed by atoms with Crippen LogP contribution in [0.25, 0.3) is 11.1 Å². The molecule has 2 rings (SSSR count). The lowest BCUT2D eigenvalue weighted by Gasteiger charge is -2.15. The van der Waals surface area contributed by atoms with Crippen LogP contribution < -0.4 is 5.32 Å². The lowest BCUT2D eigenvalue weighted by molar-refractivity contribution is 0.623. The van der Waals surface area contributed by atoms with Crippen molar-refractivity contribution in [2.24, 2.45) is 0 Å². The molecule has 1 nitrogen and oxygen atoms in total. The minimum Gasteiger partial charge on any atom is -0.316 e. The van der Waals surface area contributed by atoms with E-state index in [1.807, 2.05) is 20.9 Å². The Balaban J connectivity index is 2.65. The zero-order chi connectivity index (χ0) is 14.0. The number of hydrogen-bond acceptors (Lipinski definition) is 1. The summed E-state index contributed by atoms with van der Waals surface area (Å²) in [6, 6.07) is 7.74. The quantitative estimate of drug-likeness (QED) is 0.881. The number of halogens is 2. The molecule has 0 amide bonds. The maximum atomic E-state index is 13.4. The maximum absolute atomic E-state index is 13.4. The van der Waals surface area contributed by atoms with Crippen LogP contribution >= 0.6 is 0 Å². The molecule has 0 spiro atoms. The van der Waals surface area contributed by atoms with Gasteiger partial charge in [0.2, 0.25) is 0 Å². The monoisotopic (exact) mass is 261 g/mol. The average Bonchev–Trinajstić information content (AvgIpc) is 2.31. The summed E-state index contributed by atoms with van der Waals surface area (Å²) in [6.45, 7) is 4.32. The predicted molar refractivity (Wildman–Crippen MR) is 74.0 cm³/mol. The third kappa shape index (κ3) is 2.82. The summed E-state index contributed by atoms with van der Waals surface area (Å²) in [5.74, 6) is -0.498. The normalized spacial score (nSPS) is 10.8. The molecule has 0 fully saturated rings. The molecule has 19 heavy (non-hydrogen) atoms. The van der Waals surface area contributed by atoms with E-state index >= 15 is 0 Å². The Morgan fingerprint density at radius 1 is 0.947 bits per heavy atom. The number of aryl methyl sites for hydroxylation is 2. The standard InChI is InChI=1S/C16H17F2N/c1-10-6-14(18)7-11(2)16(10)15-5-4-13(17)8-12(15)9-19-3/h4-8,19H,9H2,1-3H3. The Labute approximate surface area is 112 Å². The lowest BCUT2D eigenvalue weighted by Crippen LogP contribution is -2.07. The molecular formula is C16H17F2N. The highest BCUT2D eigenvalue weighted by Crippen LogP contribution is 2.31. The third-order valence-corrected chi connectivity index (χ3v) is 3.20. The fourth-order valence-electron chi connectivity index (χ4n) is 2.48. The molecule has 0 aliphatic carbocycles. The Morgan fingerprint density at radius 2 is 1.58 bits per heavy atom. The fourth-order valence-corrected chi connectivity index (χ4v) is 2.48. The molecule has 1 N–H and O–H groups in total. The van der Waals surface area contributed by atoms with Crippen LogP contribution in [0.4, 0.5) is 8.78 Å². The molecular weight excluding hydrogens is 244 g/mol. The van der Waals surface area contributed by atoms with E-state index in [9.17, 15) is 8.78 Å². The van der Waals surface area contributed by atoms with Gasteiger partial charge in [-0.3, -0.25) is 0 Å². The number of nitrogens with one attached hydrogen (secondary N) is 1. The summed E-state index contributed by atoms with van der Waals surface area (Å²) in [4.78, 5) is 0. The topological polar surface area (TPSA) is 12.0 Å². The Hall–Kier alpha value is -1.74. The molecule has 2 aromatic carbocycles. The summed E-state index contributed by atoms with van der Waals surface area (Å²) in [5.41, 5.74) is 4.53. The number of benzene rings is 2. The summed E-state index contributed by atoms with van der Waals surface area (Å²) >= 11 is 0. The highest BCUT2D eigenvalue weighted by atomic mass is 19.1. The first-order valence-electron chi connectivity index (χ1n) is 6.23. The summed E-state index contributed by atoms with van der Waals surface area (Å²) in [6.07, 6.45) is 0. The van der Waals surface area contributed by atoms with E-state index in [-0.39, 0.29) is 11.6 Å². The molecule has 3 heteroatoms. The third-order valence-electron chi connectivity index (χ3n) is 3.20. The van der Waals surface area contributed by atoms with E-state index in [1.165, 1.54) is 24.3 Å². The largest absolute Gasteiger partial charge is 0.316 e. The molecule has 0 heterocycles. The van der Waals surface area contributed by atoms with Gasteiger partial charge in [0.25, 0.3) is 0 Å². The smallest absolute Gasteiger partial charge is 0.123 e. The van der Waals surface area contributed by atoms with Gasteiger partial charge < -0.3 is 5.32 Å². The highest BCUT2D eigenvalue weighted by Gasteiger charge is 2.12. The molecule has 2 aromatic rings. The first-order valence-corrected chi connectivity index (χ1v) is 6.23. The second-order valence-electron chi connectivity index (χ2n) is 4.75. The molecule has 0 aliphatic heterocycles. The van der Waals surface area contributed by atoms with Gasteiger partial charge in [-0.15, -0.1) is 0 Å². The van der Waals surface area contributed by atoms with Gasteiger partial charge >= 0.3 is 0 Å². The first kappa shape index (κ1) is 13.7. The van der Waals surface area contributed by atoms with Gasteiger partial charge in [0.1, 0.15) is 11.6 Å². The van der Waals surface area contributed by atoms with E-state index in [0.717, 1.165) is 27.8 Å². The van der Waals surface area contributed by atoms with Crippen molar-refractivity contribution in [2.75, 3.05) is 7.05 Å². The number of rotatable bonds is 3. The van der Waals surface area contributed by atoms with Crippen molar-refractivity contribution in [1.82, 2.24) is 5.32 Å². The van der Waals surface area contributed by atoms with Crippen LogP contribution in [-0.2, 0) is 6.54 Å². The van der Waals surface area contributed by atoms with Crippen molar-refractivity contribution >= 4 is 0 Å². The van der Waals surface area contributed by atoms with Crippen LogP contribution in [0.5, 0.6) is 0 Å². The van der Waals surface area contributed by atoms with E-state index in [0.29, 0.717) is 6.54 Å². The van der Waals surface area contributed by atoms with Gasteiger partial charge in [-0.25, -0.2) is 8.78 Å². The van der Waals surface area contributed by atoms with Crippen LogP contribution in [-0.4, -0.2) is 7.05 Å². The predicted octanol–water partition coefficient (Wildman–Crippen LogP) is 3.97. The Kier molecular flexibility index (Phi) is 3.96. The van der Waals surface area contributed by atoms with Crippen molar-refractivity contribution in [1.29, 1.82) is 0 Å². The second kappa shape index (κ2) is 5.49. The van der Waals surface area contributed by atoms with Gasteiger partial charge in [-0.2, -0.15) is 0 Å². The van der Waals surface area contributed by atoms with E-state index in [2.05, 4.69) is 5.32 Å². The maximum Gasteiger partial charge on any atom is 0.123 e. The molecule has 100 valence electrons. The lowest BCUT2D eigenvalue weighted by atomic mass is 9.92. The van der Waals surface area contributed by atoms with Gasteiger partial charge in [-0.05, 0) is 73.0 Å². The average molecular weight is 261 g/mol. The number of hydrogen-bond donors (Lipinski definition) is 1. The molecule has 0 unspecified atom stereocenters. The zero-order valence-corrected chi connectivity index (χ0v) is 11.3. The van der Waals surface area contributed by atoms with Crippen LogP contribution in [0.3, 0.4) is 0 Å². The summed E-state index contributed by atoms with van der Waals surface area (Å²) in [7, 11) is 1.82. The minimum atomic E-state index is -0.258. The molecule has 0 bridgehead atoms. The van der Waals surface area contributed by atoms with E-state index < -0.39 is 0 Å². The Morgan fingerprint density at radius 3 is 2.16 bits per heavy atom. The summed E-state index contributed by atoms with van der Waals surface area (Å²) in [5, 5.41) is 3.03. The van der Waals surface area contributed by atoms with Crippen molar-refractivity contribution in [3.8, 4) is 11.1 Å². The van der Waals surface area contributed by atoms with Crippen LogP contribution in [0.2, 0.25) is 0 Å². The van der Waals surface area contributed by atoms with Crippen LogP contribution in [0.15, 0.2) is 30.3 Å². The van der Waals surface area contributed by atoms with E-state index in [1.54, 1.807) is 6.07 Å². The minimum absolute atomic E-state index is 0.240. The molecule has 0 radical (unpaired) electrons. The SMILES string of the molecule is CNCc1cc(F)ccc1-c1c(C)cc(F)cc1C. The molecule has 0 atom stereocenters. The van der Waals surface area contributed by atoms with Gasteiger partial charge in [-0.1, -0.05) is 6.07 Å². The van der Waals surface area contributed by atoms with E-state index in [4.69, 9.17) is 0 Å². The van der Waals surface area contributed by atoms with Crippen molar-refractivity contribution in [3.05, 3.63) is 58.7 Å². The second-order valence-corrected chi connectivity index (χ2v) is 4.75. The fraction of sp³-hybridized carbons (Fsp3) is 0.250. The molecule has 0 saturated heterocycles.